The number of carbonyl (C=O) groups is 2. The lowest BCUT2D eigenvalue weighted by Crippen LogP contribution is -2.31. The van der Waals surface area contributed by atoms with Gasteiger partial charge in [-0.25, -0.2) is 4.79 Å². The van der Waals surface area contributed by atoms with Crippen molar-refractivity contribution in [1.29, 1.82) is 0 Å². The highest BCUT2D eigenvalue weighted by Crippen LogP contribution is 2.34. The molecule has 0 unspecified atom stereocenters. The summed E-state index contributed by atoms with van der Waals surface area (Å²) in [6.07, 6.45) is -0.984. The van der Waals surface area contributed by atoms with E-state index in [0.717, 1.165) is 0 Å². The highest BCUT2D eigenvalue weighted by Gasteiger charge is 2.20. The topological polar surface area (TPSA) is 92.3 Å². The number of rotatable bonds is 7. The van der Waals surface area contributed by atoms with E-state index < -0.39 is 18.0 Å². The van der Waals surface area contributed by atoms with Crippen molar-refractivity contribution in [2.45, 2.75) is 13.0 Å². The van der Waals surface area contributed by atoms with Crippen molar-refractivity contribution in [2.24, 2.45) is 0 Å². The molecule has 1 N–H and O–H groups in total. The Morgan fingerprint density at radius 2 is 1.78 bits per heavy atom. The number of hydrogen-bond donors (Lipinski definition) is 1. The van der Waals surface area contributed by atoms with Crippen LogP contribution in [0.5, 0.6) is 23.0 Å². The van der Waals surface area contributed by atoms with Crippen LogP contribution >= 0.6 is 0 Å². The van der Waals surface area contributed by atoms with E-state index in [2.05, 4.69) is 5.32 Å². The molecule has 1 heterocycles. The van der Waals surface area contributed by atoms with Gasteiger partial charge < -0.3 is 29.0 Å². The molecule has 1 aliphatic rings. The number of esters is 1. The highest BCUT2D eigenvalue weighted by molar-refractivity contribution is 5.95. The molecule has 0 radical (unpaired) electrons. The Morgan fingerprint density at radius 1 is 1.07 bits per heavy atom. The average Bonchev–Trinajstić information content (AvgIpc) is 3.14. The SMILES string of the molecule is COc1ccc(OCC(=O)O[C@H](C)C(=O)Nc2ccc3c(c2)OCO3)cc1. The van der Waals surface area contributed by atoms with E-state index in [-0.39, 0.29) is 13.4 Å². The van der Waals surface area contributed by atoms with E-state index in [1.807, 2.05) is 0 Å². The molecule has 0 fully saturated rings. The van der Waals surface area contributed by atoms with E-state index in [0.29, 0.717) is 28.7 Å². The third kappa shape index (κ3) is 4.81. The fourth-order valence-electron chi connectivity index (χ4n) is 2.32. The lowest BCUT2D eigenvalue weighted by Gasteiger charge is -2.14. The Hall–Kier alpha value is -3.42. The number of benzene rings is 2. The molecule has 27 heavy (non-hydrogen) atoms. The first kappa shape index (κ1) is 18.4. The van der Waals surface area contributed by atoms with Crippen molar-refractivity contribution in [1.82, 2.24) is 0 Å². The van der Waals surface area contributed by atoms with Gasteiger partial charge in [-0.15, -0.1) is 0 Å². The predicted octanol–water partition coefficient (Wildman–Crippen LogP) is 2.37. The molecular weight excluding hydrogens is 354 g/mol. The molecule has 2 aromatic rings. The Bertz CT molecular complexity index is 819. The van der Waals surface area contributed by atoms with Crippen LogP contribution in [0.15, 0.2) is 42.5 Å². The minimum Gasteiger partial charge on any atom is -0.497 e. The standard InChI is InChI=1S/C19H19NO7/c1-12(19(22)20-13-3-8-16-17(9-13)26-11-25-16)27-18(21)10-24-15-6-4-14(23-2)5-7-15/h3-9,12H,10-11H2,1-2H3,(H,20,22)/t12-/m1/s1. The number of fused-ring (bicyclic) bond motifs is 1. The molecule has 2 aromatic carbocycles. The quantitative estimate of drug-likeness (QED) is 0.745. The average molecular weight is 373 g/mol. The molecular formula is C19H19NO7. The summed E-state index contributed by atoms with van der Waals surface area (Å²) >= 11 is 0. The summed E-state index contributed by atoms with van der Waals surface area (Å²) in [5.41, 5.74) is 0.515. The maximum atomic E-state index is 12.2. The fraction of sp³-hybridized carbons (Fsp3) is 0.263. The van der Waals surface area contributed by atoms with Gasteiger partial charge in [0.2, 0.25) is 6.79 Å². The number of amides is 1. The number of ether oxygens (including phenoxy) is 5. The first-order valence-corrected chi connectivity index (χ1v) is 8.22. The fourth-order valence-corrected chi connectivity index (χ4v) is 2.32. The van der Waals surface area contributed by atoms with E-state index in [1.54, 1.807) is 49.6 Å². The predicted molar refractivity (Wildman–Crippen MR) is 95.2 cm³/mol. The molecule has 1 aliphatic heterocycles. The Labute approximate surface area is 155 Å². The van der Waals surface area contributed by atoms with Crippen molar-refractivity contribution in [3.05, 3.63) is 42.5 Å². The summed E-state index contributed by atoms with van der Waals surface area (Å²) < 4.78 is 25.9. The zero-order chi connectivity index (χ0) is 19.2. The molecule has 1 amide bonds. The van der Waals surface area contributed by atoms with Crippen LogP contribution in [0.2, 0.25) is 0 Å². The molecule has 0 aliphatic carbocycles. The Morgan fingerprint density at radius 3 is 2.52 bits per heavy atom. The van der Waals surface area contributed by atoms with Crippen LogP contribution in [0, 0.1) is 0 Å². The Kier molecular flexibility index (Phi) is 5.65. The molecule has 0 saturated heterocycles. The van der Waals surface area contributed by atoms with E-state index in [1.165, 1.54) is 6.92 Å². The first-order valence-electron chi connectivity index (χ1n) is 8.22. The van der Waals surface area contributed by atoms with Crippen molar-refractivity contribution in [3.8, 4) is 23.0 Å². The lowest BCUT2D eigenvalue weighted by atomic mass is 10.2. The number of nitrogens with one attached hydrogen (secondary N) is 1. The summed E-state index contributed by atoms with van der Waals surface area (Å²) in [6, 6.07) is 11.8. The van der Waals surface area contributed by atoms with Crippen LogP contribution in [0.1, 0.15) is 6.92 Å². The molecule has 0 saturated carbocycles. The van der Waals surface area contributed by atoms with Gasteiger partial charge in [-0.1, -0.05) is 0 Å². The molecule has 0 aromatic heterocycles. The van der Waals surface area contributed by atoms with Crippen LogP contribution in [0.25, 0.3) is 0 Å². The second-order valence-corrected chi connectivity index (χ2v) is 5.65. The number of carbonyl (C=O) groups excluding carboxylic acids is 2. The van der Waals surface area contributed by atoms with E-state index in [4.69, 9.17) is 23.7 Å². The highest BCUT2D eigenvalue weighted by atomic mass is 16.7. The minimum absolute atomic E-state index is 0.148. The first-order chi connectivity index (χ1) is 13.0. The molecule has 8 nitrogen and oxygen atoms in total. The minimum atomic E-state index is -0.984. The number of hydrogen-bond acceptors (Lipinski definition) is 7. The van der Waals surface area contributed by atoms with Gasteiger partial charge >= 0.3 is 5.97 Å². The Balaban J connectivity index is 1.46. The number of anilines is 1. The summed E-state index contributed by atoms with van der Waals surface area (Å²) in [6.45, 7) is 1.32. The van der Waals surface area contributed by atoms with Gasteiger partial charge in [0, 0.05) is 11.8 Å². The summed E-state index contributed by atoms with van der Waals surface area (Å²) in [5, 5.41) is 2.66. The van der Waals surface area contributed by atoms with Crippen molar-refractivity contribution in [2.75, 3.05) is 25.8 Å². The van der Waals surface area contributed by atoms with Crippen molar-refractivity contribution < 1.29 is 33.3 Å². The van der Waals surface area contributed by atoms with Gasteiger partial charge in [-0.05, 0) is 43.3 Å². The summed E-state index contributed by atoms with van der Waals surface area (Å²) in [5.74, 6) is 1.21. The molecule has 0 bridgehead atoms. The third-order valence-corrected chi connectivity index (χ3v) is 3.73. The third-order valence-electron chi connectivity index (χ3n) is 3.73. The molecule has 142 valence electrons. The molecule has 1 atom stereocenters. The second kappa shape index (κ2) is 8.31. The van der Waals surface area contributed by atoms with Gasteiger partial charge in [0.25, 0.3) is 5.91 Å². The van der Waals surface area contributed by atoms with E-state index in [9.17, 15) is 9.59 Å². The maximum absolute atomic E-state index is 12.2. The summed E-state index contributed by atoms with van der Waals surface area (Å²) in [4.78, 5) is 24.0. The maximum Gasteiger partial charge on any atom is 0.344 e. The van der Waals surface area contributed by atoms with Crippen LogP contribution < -0.4 is 24.3 Å². The monoisotopic (exact) mass is 373 g/mol. The van der Waals surface area contributed by atoms with Gasteiger partial charge in [0.15, 0.2) is 24.2 Å². The van der Waals surface area contributed by atoms with E-state index >= 15 is 0 Å². The lowest BCUT2D eigenvalue weighted by molar-refractivity contribution is -0.155. The zero-order valence-corrected chi connectivity index (χ0v) is 14.9. The molecule has 3 rings (SSSR count). The van der Waals surface area contributed by atoms with Crippen LogP contribution in [0.4, 0.5) is 5.69 Å². The van der Waals surface area contributed by atoms with Crippen molar-refractivity contribution >= 4 is 17.6 Å². The molecule has 8 heteroatoms. The largest absolute Gasteiger partial charge is 0.497 e. The van der Waals surface area contributed by atoms with Gasteiger partial charge in [0.05, 0.1) is 7.11 Å². The van der Waals surface area contributed by atoms with Gasteiger partial charge in [-0.3, -0.25) is 4.79 Å². The van der Waals surface area contributed by atoms with Crippen LogP contribution in [0.3, 0.4) is 0 Å². The van der Waals surface area contributed by atoms with Crippen molar-refractivity contribution in [3.63, 3.8) is 0 Å². The summed E-state index contributed by atoms with van der Waals surface area (Å²) in [7, 11) is 1.56. The normalized spacial score (nSPS) is 12.8. The van der Waals surface area contributed by atoms with Gasteiger partial charge in [-0.2, -0.15) is 0 Å². The van der Waals surface area contributed by atoms with Crippen LogP contribution in [-0.2, 0) is 14.3 Å². The molecule has 0 spiro atoms. The zero-order valence-electron chi connectivity index (χ0n) is 14.9. The smallest absolute Gasteiger partial charge is 0.344 e. The second-order valence-electron chi connectivity index (χ2n) is 5.65. The number of methoxy groups -OCH3 is 1. The van der Waals surface area contributed by atoms with Crippen LogP contribution in [-0.4, -0.2) is 38.5 Å². The van der Waals surface area contributed by atoms with Gasteiger partial charge in [0.1, 0.15) is 11.5 Å².